The van der Waals surface area contributed by atoms with Crippen LogP contribution in [0, 0.1) is 0 Å². The molecule has 2 N–H and O–H groups in total. The Kier molecular flexibility index (Phi) is 3.67. The lowest BCUT2D eigenvalue weighted by Crippen LogP contribution is -2.08. The second kappa shape index (κ2) is 5.62. The molecule has 0 aliphatic rings. The van der Waals surface area contributed by atoms with E-state index in [0.717, 1.165) is 22.2 Å². The predicted molar refractivity (Wildman–Crippen MR) is 86.9 cm³/mol. The van der Waals surface area contributed by atoms with Crippen LogP contribution in [0.4, 0.5) is 5.82 Å². The van der Waals surface area contributed by atoms with E-state index in [9.17, 15) is 5.11 Å². The van der Waals surface area contributed by atoms with Crippen molar-refractivity contribution in [3.63, 3.8) is 0 Å². The summed E-state index contributed by atoms with van der Waals surface area (Å²) in [5, 5.41) is 15.7. The Morgan fingerprint density at radius 1 is 1.14 bits per heavy atom. The van der Waals surface area contributed by atoms with Gasteiger partial charge in [0, 0.05) is 16.6 Å². The Hall–Kier alpha value is -2.26. The Labute approximate surface area is 128 Å². The van der Waals surface area contributed by atoms with E-state index in [4.69, 9.17) is 11.6 Å². The van der Waals surface area contributed by atoms with Gasteiger partial charge in [-0.2, -0.15) is 0 Å². The summed E-state index contributed by atoms with van der Waals surface area (Å²) in [4.78, 5) is 4.38. The third-order valence-electron chi connectivity index (χ3n) is 3.45. The van der Waals surface area contributed by atoms with Gasteiger partial charge >= 0.3 is 0 Å². The van der Waals surface area contributed by atoms with Gasteiger partial charge in [0.1, 0.15) is 11.6 Å². The minimum absolute atomic E-state index is 0.0594. The molecule has 2 aromatic carbocycles. The maximum Gasteiger partial charge on any atom is 0.134 e. The Balaban J connectivity index is 1.96. The van der Waals surface area contributed by atoms with Crippen LogP contribution < -0.4 is 5.32 Å². The quantitative estimate of drug-likeness (QED) is 0.732. The second-order valence-corrected chi connectivity index (χ2v) is 5.42. The van der Waals surface area contributed by atoms with Gasteiger partial charge in [0.25, 0.3) is 0 Å². The summed E-state index contributed by atoms with van der Waals surface area (Å²) in [6.45, 7) is 2.05. The fourth-order valence-electron chi connectivity index (χ4n) is 2.34. The molecule has 0 aliphatic carbocycles. The van der Waals surface area contributed by atoms with Crippen LogP contribution in [0.1, 0.15) is 18.5 Å². The van der Waals surface area contributed by atoms with Gasteiger partial charge in [-0.15, -0.1) is 0 Å². The average molecular weight is 299 g/mol. The molecule has 1 unspecified atom stereocenters. The van der Waals surface area contributed by atoms with Gasteiger partial charge in [-0.1, -0.05) is 29.8 Å². The lowest BCUT2D eigenvalue weighted by Gasteiger charge is -2.16. The van der Waals surface area contributed by atoms with Gasteiger partial charge in [0.15, 0.2) is 0 Å². The van der Waals surface area contributed by atoms with Gasteiger partial charge in [0.2, 0.25) is 0 Å². The zero-order chi connectivity index (χ0) is 14.8. The molecule has 1 heterocycles. The Morgan fingerprint density at radius 2 is 2.00 bits per heavy atom. The first-order valence-electron chi connectivity index (χ1n) is 6.73. The molecular formula is C17H15ClN2O. The molecule has 0 aliphatic heterocycles. The topological polar surface area (TPSA) is 45.2 Å². The molecule has 0 fully saturated rings. The van der Waals surface area contributed by atoms with Crippen molar-refractivity contribution in [3.8, 4) is 5.75 Å². The fourth-order valence-corrected chi connectivity index (χ4v) is 2.53. The zero-order valence-electron chi connectivity index (χ0n) is 11.5. The van der Waals surface area contributed by atoms with Crippen LogP contribution in [-0.2, 0) is 0 Å². The third-order valence-corrected chi connectivity index (χ3v) is 3.69. The van der Waals surface area contributed by atoms with Gasteiger partial charge in [-0.05, 0) is 48.2 Å². The minimum Gasteiger partial charge on any atom is -0.508 e. The number of rotatable bonds is 3. The summed E-state index contributed by atoms with van der Waals surface area (Å²) < 4.78 is 0. The largest absolute Gasteiger partial charge is 0.508 e. The normalized spacial score (nSPS) is 12.3. The van der Waals surface area contributed by atoms with E-state index in [1.165, 1.54) is 0 Å². The molecule has 3 aromatic rings. The number of aromatic nitrogens is 1. The fraction of sp³-hybridized carbons (Fsp3) is 0.118. The van der Waals surface area contributed by atoms with Crippen LogP contribution in [-0.4, -0.2) is 10.1 Å². The van der Waals surface area contributed by atoms with Crippen molar-refractivity contribution in [3.05, 3.63) is 65.3 Å². The van der Waals surface area contributed by atoms with Crippen molar-refractivity contribution < 1.29 is 5.11 Å². The van der Waals surface area contributed by atoms with E-state index in [2.05, 4.69) is 17.2 Å². The number of phenolic OH excluding ortho intramolecular Hbond substituents is 1. The zero-order valence-corrected chi connectivity index (χ0v) is 12.3. The van der Waals surface area contributed by atoms with E-state index < -0.39 is 0 Å². The predicted octanol–water partition coefficient (Wildman–Crippen LogP) is 4.77. The van der Waals surface area contributed by atoms with Crippen molar-refractivity contribution in [2.75, 3.05) is 5.32 Å². The van der Waals surface area contributed by atoms with Crippen molar-refractivity contribution in [1.82, 2.24) is 4.98 Å². The molecule has 0 radical (unpaired) electrons. The Bertz CT molecular complexity index is 789. The van der Waals surface area contributed by atoms with Crippen molar-refractivity contribution >= 4 is 28.2 Å². The van der Waals surface area contributed by atoms with Crippen molar-refractivity contribution in [2.24, 2.45) is 0 Å². The summed E-state index contributed by atoms with van der Waals surface area (Å²) in [6.07, 6.45) is 1.76. The van der Waals surface area contributed by atoms with E-state index in [1.807, 2.05) is 36.4 Å². The van der Waals surface area contributed by atoms with E-state index in [-0.39, 0.29) is 11.8 Å². The van der Waals surface area contributed by atoms with E-state index in [0.29, 0.717) is 5.02 Å². The summed E-state index contributed by atoms with van der Waals surface area (Å²) in [5.41, 5.74) is 1.08. The first kappa shape index (κ1) is 13.7. The lowest BCUT2D eigenvalue weighted by atomic mass is 10.1. The number of halogens is 1. The molecule has 4 heteroatoms. The van der Waals surface area contributed by atoms with Crippen LogP contribution in [0.25, 0.3) is 10.8 Å². The SMILES string of the molecule is CC(Nc1nccc2ccc(O)cc12)c1cccc(Cl)c1. The number of fused-ring (bicyclic) bond motifs is 1. The maximum absolute atomic E-state index is 9.67. The average Bonchev–Trinajstić information content (AvgIpc) is 2.48. The summed E-state index contributed by atoms with van der Waals surface area (Å²) in [7, 11) is 0. The molecule has 0 bridgehead atoms. The van der Waals surface area contributed by atoms with Gasteiger partial charge in [0.05, 0.1) is 6.04 Å². The van der Waals surface area contributed by atoms with Crippen LogP contribution >= 0.6 is 11.6 Å². The summed E-state index contributed by atoms with van der Waals surface area (Å²) in [5.74, 6) is 0.977. The minimum atomic E-state index is 0.0594. The van der Waals surface area contributed by atoms with Crippen LogP contribution in [0.5, 0.6) is 5.75 Å². The number of hydrogen-bond acceptors (Lipinski definition) is 3. The van der Waals surface area contributed by atoms with E-state index in [1.54, 1.807) is 18.3 Å². The standard InChI is InChI=1S/C17H15ClN2O/c1-11(13-3-2-4-14(18)9-13)20-17-16-10-15(21)6-5-12(16)7-8-19-17/h2-11,21H,1H3,(H,19,20). The molecule has 106 valence electrons. The van der Waals surface area contributed by atoms with Gasteiger partial charge < -0.3 is 10.4 Å². The number of pyridine rings is 1. The molecule has 0 saturated heterocycles. The van der Waals surface area contributed by atoms with Crippen molar-refractivity contribution in [2.45, 2.75) is 13.0 Å². The third kappa shape index (κ3) is 2.93. The number of benzene rings is 2. The summed E-state index contributed by atoms with van der Waals surface area (Å²) >= 11 is 6.03. The first-order valence-corrected chi connectivity index (χ1v) is 7.11. The van der Waals surface area contributed by atoms with E-state index >= 15 is 0 Å². The molecule has 0 saturated carbocycles. The number of hydrogen-bond donors (Lipinski definition) is 2. The molecule has 3 nitrogen and oxygen atoms in total. The highest BCUT2D eigenvalue weighted by Gasteiger charge is 2.09. The maximum atomic E-state index is 9.67. The van der Waals surface area contributed by atoms with Crippen LogP contribution in [0.3, 0.4) is 0 Å². The van der Waals surface area contributed by atoms with Crippen LogP contribution in [0.15, 0.2) is 54.7 Å². The highest BCUT2D eigenvalue weighted by atomic mass is 35.5. The molecule has 1 atom stereocenters. The van der Waals surface area contributed by atoms with Gasteiger partial charge in [-0.25, -0.2) is 4.98 Å². The van der Waals surface area contributed by atoms with Gasteiger partial charge in [-0.3, -0.25) is 0 Å². The number of anilines is 1. The molecule has 0 amide bonds. The Morgan fingerprint density at radius 3 is 2.81 bits per heavy atom. The lowest BCUT2D eigenvalue weighted by molar-refractivity contribution is 0.476. The second-order valence-electron chi connectivity index (χ2n) is 4.99. The smallest absolute Gasteiger partial charge is 0.134 e. The van der Waals surface area contributed by atoms with Crippen LogP contribution in [0.2, 0.25) is 5.02 Å². The molecule has 21 heavy (non-hydrogen) atoms. The first-order chi connectivity index (χ1) is 10.1. The number of nitrogens with one attached hydrogen (secondary N) is 1. The monoisotopic (exact) mass is 298 g/mol. The molecule has 3 rings (SSSR count). The molecule has 0 spiro atoms. The highest BCUT2D eigenvalue weighted by molar-refractivity contribution is 6.30. The molecular weight excluding hydrogens is 284 g/mol. The van der Waals surface area contributed by atoms with Crippen molar-refractivity contribution in [1.29, 1.82) is 0 Å². The number of phenols is 1. The number of nitrogens with zero attached hydrogens (tertiary/aromatic N) is 1. The number of aromatic hydroxyl groups is 1. The highest BCUT2D eigenvalue weighted by Crippen LogP contribution is 2.28. The summed E-state index contributed by atoms with van der Waals surface area (Å²) in [6, 6.07) is 15.0. The molecule has 1 aromatic heterocycles.